The molecule has 0 aliphatic rings. The fraction of sp³-hybridized carbons (Fsp3) is 0.231. The topological polar surface area (TPSA) is 78.9 Å². The first-order chi connectivity index (χ1) is 10.1. The first-order valence-corrected chi connectivity index (χ1v) is 6.61. The van der Waals surface area contributed by atoms with E-state index in [0.29, 0.717) is 22.6 Å². The Morgan fingerprint density at radius 3 is 2.86 bits per heavy atom. The number of halogens is 1. The lowest BCUT2D eigenvalue weighted by molar-refractivity contribution is 0.175. The maximum atomic E-state index is 5.72. The quantitative estimate of drug-likeness (QED) is 0.689. The van der Waals surface area contributed by atoms with Crippen LogP contribution in [0.4, 0.5) is 0 Å². The first-order valence-electron chi connectivity index (χ1n) is 6.23. The van der Waals surface area contributed by atoms with Gasteiger partial charge < -0.3 is 9.26 Å². The molecule has 0 aliphatic heterocycles. The molecule has 3 rings (SSSR count). The first kappa shape index (κ1) is 13.6. The number of nitrogens with zero attached hydrogens (tertiary/aromatic N) is 5. The average Bonchev–Trinajstić information content (AvgIpc) is 3.09. The van der Waals surface area contributed by atoms with Gasteiger partial charge >= 0.3 is 0 Å². The third kappa shape index (κ3) is 2.87. The summed E-state index contributed by atoms with van der Waals surface area (Å²) in [5, 5.41) is 8.41. The van der Waals surface area contributed by atoms with Crippen molar-refractivity contribution in [2.75, 3.05) is 0 Å². The van der Waals surface area contributed by atoms with E-state index < -0.39 is 6.10 Å². The van der Waals surface area contributed by atoms with Crippen LogP contribution in [0.2, 0.25) is 5.15 Å². The Morgan fingerprint density at radius 1 is 1.33 bits per heavy atom. The second kappa shape index (κ2) is 5.53. The summed E-state index contributed by atoms with van der Waals surface area (Å²) in [5.41, 5.74) is 0.769. The van der Waals surface area contributed by atoms with Crippen molar-refractivity contribution in [2.24, 2.45) is 7.05 Å². The largest absolute Gasteiger partial charge is 0.479 e. The van der Waals surface area contributed by atoms with E-state index >= 15 is 0 Å². The van der Waals surface area contributed by atoms with Crippen LogP contribution in [0.1, 0.15) is 18.9 Å². The molecule has 0 aromatic carbocycles. The van der Waals surface area contributed by atoms with Crippen molar-refractivity contribution in [1.29, 1.82) is 0 Å². The van der Waals surface area contributed by atoms with Crippen LogP contribution in [0.5, 0.6) is 5.75 Å². The van der Waals surface area contributed by atoms with Gasteiger partial charge in [0, 0.05) is 13.2 Å². The van der Waals surface area contributed by atoms with Crippen molar-refractivity contribution < 1.29 is 9.26 Å². The zero-order valence-electron chi connectivity index (χ0n) is 11.4. The van der Waals surface area contributed by atoms with E-state index in [4.69, 9.17) is 20.9 Å². The highest BCUT2D eigenvalue weighted by atomic mass is 35.5. The monoisotopic (exact) mass is 305 g/mol. The molecule has 21 heavy (non-hydrogen) atoms. The van der Waals surface area contributed by atoms with Gasteiger partial charge in [0.25, 0.3) is 5.89 Å². The lowest BCUT2D eigenvalue weighted by Gasteiger charge is -2.09. The van der Waals surface area contributed by atoms with Gasteiger partial charge in [-0.2, -0.15) is 10.1 Å². The number of ether oxygens (including phenoxy) is 1. The van der Waals surface area contributed by atoms with Gasteiger partial charge in [-0.3, -0.25) is 4.68 Å². The number of aryl methyl sites for hydroxylation is 1. The van der Waals surface area contributed by atoms with Gasteiger partial charge in [0.2, 0.25) is 5.82 Å². The van der Waals surface area contributed by atoms with Gasteiger partial charge in [-0.25, -0.2) is 4.98 Å². The third-order valence-electron chi connectivity index (χ3n) is 2.85. The predicted octanol–water partition coefficient (Wildman–Crippen LogP) is 2.66. The zero-order valence-corrected chi connectivity index (χ0v) is 12.2. The number of aromatic nitrogens is 5. The van der Waals surface area contributed by atoms with E-state index in [1.807, 2.05) is 20.0 Å². The Balaban J connectivity index is 1.76. The Morgan fingerprint density at radius 2 is 2.19 bits per heavy atom. The molecular formula is C13H12ClN5O2. The van der Waals surface area contributed by atoms with E-state index in [-0.39, 0.29) is 0 Å². The van der Waals surface area contributed by atoms with Crippen LogP contribution in [-0.4, -0.2) is 24.9 Å². The van der Waals surface area contributed by atoms with E-state index in [2.05, 4.69) is 20.2 Å². The SMILES string of the molecule is C[C@H](Oc1ccc(Cl)nc1)c1nc(-c2ccnn2C)no1. The van der Waals surface area contributed by atoms with Gasteiger partial charge in [-0.1, -0.05) is 16.8 Å². The summed E-state index contributed by atoms with van der Waals surface area (Å²) < 4.78 is 12.6. The van der Waals surface area contributed by atoms with Crippen LogP contribution >= 0.6 is 11.6 Å². The van der Waals surface area contributed by atoms with Crippen LogP contribution < -0.4 is 4.74 Å². The van der Waals surface area contributed by atoms with E-state index in [0.717, 1.165) is 5.69 Å². The second-order valence-corrected chi connectivity index (χ2v) is 4.76. The van der Waals surface area contributed by atoms with Crippen LogP contribution in [-0.2, 0) is 7.05 Å². The molecule has 0 spiro atoms. The average molecular weight is 306 g/mol. The van der Waals surface area contributed by atoms with Crippen LogP contribution in [0.3, 0.4) is 0 Å². The highest BCUT2D eigenvalue weighted by Gasteiger charge is 2.18. The maximum absolute atomic E-state index is 5.72. The molecule has 0 bridgehead atoms. The molecule has 0 fully saturated rings. The molecular weight excluding hydrogens is 294 g/mol. The fourth-order valence-electron chi connectivity index (χ4n) is 1.78. The highest BCUT2D eigenvalue weighted by Crippen LogP contribution is 2.23. The smallest absolute Gasteiger partial charge is 0.267 e. The zero-order chi connectivity index (χ0) is 14.8. The molecule has 3 aromatic rings. The van der Waals surface area contributed by atoms with E-state index in [9.17, 15) is 0 Å². The van der Waals surface area contributed by atoms with Crippen molar-refractivity contribution >= 4 is 11.6 Å². The van der Waals surface area contributed by atoms with Crippen LogP contribution in [0, 0.1) is 0 Å². The molecule has 0 N–H and O–H groups in total. The van der Waals surface area contributed by atoms with Crippen molar-refractivity contribution in [1.82, 2.24) is 24.9 Å². The van der Waals surface area contributed by atoms with Crippen molar-refractivity contribution in [3.63, 3.8) is 0 Å². The number of pyridine rings is 1. The summed E-state index contributed by atoms with van der Waals surface area (Å²) in [6, 6.07) is 5.19. The van der Waals surface area contributed by atoms with Crippen molar-refractivity contribution in [2.45, 2.75) is 13.0 Å². The lowest BCUT2D eigenvalue weighted by Crippen LogP contribution is -2.04. The van der Waals surface area contributed by atoms with Crippen molar-refractivity contribution in [3.05, 3.63) is 41.6 Å². The molecule has 8 heteroatoms. The Bertz CT molecular complexity index is 737. The summed E-state index contributed by atoms with van der Waals surface area (Å²) in [4.78, 5) is 8.26. The van der Waals surface area contributed by atoms with E-state index in [1.165, 1.54) is 6.20 Å². The number of hydrogen-bond acceptors (Lipinski definition) is 6. The molecule has 0 unspecified atom stereocenters. The molecule has 0 aliphatic carbocycles. The van der Waals surface area contributed by atoms with Gasteiger partial charge in [0.15, 0.2) is 6.10 Å². The van der Waals surface area contributed by atoms with Crippen LogP contribution in [0.15, 0.2) is 35.1 Å². The fourth-order valence-corrected chi connectivity index (χ4v) is 1.90. The molecule has 1 atom stereocenters. The minimum Gasteiger partial charge on any atom is -0.479 e. The summed E-state index contributed by atoms with van der Waals surface area (Å²) >= 11 is 5.72. The normalized spacial score (nSPS) is 12.3. The molecule has 3 aromatic heterocycles. The molecule has 3 heterocycles. The Hall–Kier alpha value is -2.41. The standard InChI is InChI=1S/C13H12ClN5O2/c1-8(20-9-3-4-11(14)15-7-9)13-17-12(18-21-13)10-5-6-16-19(10)2/h3-8H,1-2H3/t8-/m0/s1. The van der Waals surface area contributed by atoms with Crippen molar-refractivity contribution in [3.8, 4) is 17.3 Å². The van der Waals surface area contributed by atoms with Crippen LogP contribution in [0.25, 0.3) is 11.5 Å². The van der Waals surface area contributed by atoms with Gasteiger partial charge in [-0.15, -0.1) is 0 Å². The molecule has 0 saturated carbocycles. The number of hydrogen-bond donors (Lipinski definition) is 0. The second-order valence-electron chi connectivity index (χ2n) is 4.37. The molecule has 0 radical (unpaired) electrons. The van der Waals surface area contributed by atoms with Gasteiger partial charge in [0.05, 0.1) is 6.20 Å². The minimum atomic E-state index is -0.401. The minimum absolute atomic E-state index is 0.376. The van der Waals surface area contributed by atoms with E-state index in [1.54, 1.807) is 23.0 Å². The maximum Gasteiger partial charge on any atom is 0.267 e. The third-order valence-corrected chi connectivity index (χ3v) is 3.08. The van der Waals surface area contributed by atoms with Gasteiger partial charge in [0.1, 0.15) is 16.6 Å². The summed E-state index contributed by atoms with van der Waals surface area (Å²) in [5.74, 6) is 1.42. The summed E-state index contributed by atoms with van der Waals surface area (Å²) in [6.07, 6.45) is 2.81. The lowest BCUT2D eigenvalue weighted by atomic mass is 10.3. The summed E-state index contributed by atoms with van der Waals surface area (Å²) in [7, 11) is 1.81. The predicted molar refractivity (Wildman–Crippen MR) is 74.8 cm³/mol. The summed E-state index contributed by atoms with van der Waals surface area (Å²) in [6.45, 7) is 1.81. The molecule has 0 amide bonds. The van der Waals surface area contributed by atoms with Gasteiger partial charge in [-0.05, 0) is 25.1 Å². The Labute approximate surface area is 125 Å². The molecule has 7 nitrogen and oxygen atoms in total. The highest BCUT2D eigenvalue weighted by molar-refractivity contribution is 6.29. The molecule has 0 saturated heterocycles. The number of rotatable bonds is 4. The molecule has 108 valence electrons. The Kier molecular flexibility index (Phi) is 3.57.